The minimum Gasteiger partial charge on any atom is -0.306 e. The van der Waals surface area contributed by atoms with E-state index in [0.717, 1.165) is 12.8 Å². The van der Waals surface area contributed by atoms with Crippen molar-refractivity contribution in [3.05, 3.63) is 12.7 Å². The van der Waals surface area contributed by atoms with Crippen LogP contribution in [0.2, 0.25) is 0 Å². The second-order valence-corrected chi connectivity index (χ2v) is 3.79. The lowest BCUT2D eigenvalue weighted by atomic mass is 10.3. The smallest absolute Gasteiger partial charge is 0.159 e. The molecule has 3 heteroatoms. The van der Waals surface area contributed by atoms with E-state index in [-0.39, 0.29) is 4.75 Å². The Labute approximate surface area is 57.2 Å². The largest absolute Gasteiger partial charge is 0.306 e. The molecule has 1 unspecified atom stereocenters. The zero-order valence-electron chi connectivity index (χ0n) is 5.17. The van der Waals surface area contributed by atoms with E-state index in [4.69, 9.17) is 4.55 Å². The second-order valence-electron chi connectivity index (χ2n) is 2.42. The molecule has 1 fully saturated rings. The van der Waals surface area contributed by atoms with Crippen LogP contribution in [-0.2, 0) is 11.1 Å². The van der Waals surface area contributed by atoms with Gasteiger partial charge in [0.1, 0.15) is 0 Å². The first kappa shape index (κ1) is 6.96. The normalized spacial score (nSPS) is 25.0. The molecule has 1 atom stereocenters. The zero-order valence-corrected chi connectivity index (χ0v) is 5.99. The zero-order chi connectivity index (χ0) is 6.91. The Kier molecular flexibility index (Phi) is 1.73. The Bertz CT molecular complexity index is 149. The molecule has 0 radical (unpaired) electrons. The van der Waals surface area contributed by atoms with Crippen LogP contribution in [0.3, 0.4) is 0 Å². The molecule has 0 amide bonds. The minimum absolute atomic E-state index is 0.290. The predicted molar refractivity (Wildman–Crippen MR) is 37.6 cm³/mol. The lowest BCUT2D eigenvalue weighted by Crippen LogP contribution is -2.13. The molecule has 0 aromatic rings. The van der Waals surface area contributed by atoms with Crippen molar-refractivity contribution in [1.29, 1.82) is 0 Å². The molecule has 0 spiro atoms. The van der Waals surface area contributed by atoms with Crippen molar-refractivity contribution in [3.8, 4) is 0 Å². The van der Waals surface area contributed by atoms with Crippen LogP contribution in [0, 0.1) is 0 Å². The van der Waals surface area contributed by atoms with Gasteiger partial charge in [-0.25, -0.2) is 4.21 Å². The molecule has 1 rings (SSSR count). The third-order valence-electron chi connectivity index (χ3n) is 1.69. The number of hydrogen-bond donors (Lipinski definition) is 1. The van der Waals surface area contributed by atoms with E-state index in [1.54, 1.807) is 6.08 Å². The summed E-state index contributed by atoms with van der Waals surface area (Å²) in [6, 6.07) is 0. The van der Waals surface area contributed by atoms with Gasteiger partial charge in [-0.05, 0) is 19.3 Å². The van der Waals surface area contributed by atoms with Gasteiger partial charge in [-0.1, -0.05) is 6.08 Å². The molecule has 0 aromatic heterocycles. The number of rotatable bonds is 3. The molecule has 1 aliphatic carbocycles. The van der Waals surface area contributed by atoms with E-state index in [1.807, 2.05) is 0 Å². The summed E-state index contributed by atoms with van der Waals surface area (Å²) >= 11 is -1.64. The van der Waals surface area contributed by atoms with E-state index in [9.17, 15) is 4.21 Å². The molecule has 0 bridgehead atoms. The summed E-state index contributed by atoms with van der Waals surface area (Å²) in [6.07, 6.45) is 4.14. The number of allylic oxidation sites excluding steroid dienone is 1. The van der Waals surface area contributed by atoms with Crippen LogP contribution in [-0.4, -0.2) is 13.5 Å². The van der Waals surface area contributed by atoms with Gasteiger partial charge in [0.25, 0.3) is 0 Å². The molecule has 0 aromatic carbocycles. The number of hydrogen-bond acceptors (Lipinski definition) is 1. The maximum Gasteiger partial charge on any atom is 0.159 e. The predicted octanol–water partition coefficient (Wildman–Crippen LogP) is 1.32. The molecule has 52 valence electrons. The quantitative estimate of drug-likeness (QED) is 0.481. The summed E-state index contributed by atoms with van der Waals surface area (Å²) in [5.74, 6) is 0. The second kappa shape index (κ2) is 2.23. The van der Waals surface area contributed by atoms with Crippen LogP contribution < -0.4 is 0 Å². The fourth-order valence-electron chi connectivity index (χ4n) is 0.853. The third-order valence-corrected chi connectivity index (χ3v) is 3.01. The highest BCUT2D eigenvalue weighted by Crippen LogP contribution is 2.44. The highest BCUT2D eigenvalue weighted by Gasteiger charge is 2.47. The molecule has 9 heavy (non-hydrogen) atoms. The first-order chi connectivity index (χ1) is 4.21. The summed E-state index contributed by atoms with van der Waals surface area (Å²) in [5.41, 5.74) is 0. The van der Waals surface area contributed by atoms with Gasteiger partial charge in [-0.15, -0.1) is 6.58 Å². The fourth-order valence-corrected chi connectivity index (χ4v) is 1.56. The Morgan fingerprint density at radius 3 is 2.44 bits per heavy atom. The minimum atomic E-state index is -1.64. The van der Waals surface area contributed by atoms with Crippen molar-refractivity contribution in [3.63, 3.8) is 0 Å². The van der Waals surface area contributed by atoms with Crippen LogP contribution >= 0.6 is 0 Å². The SMILES string of the molecule is C=CCC1(S(=O)O)CC1. The standard InChI is InChI=1S/C6H10O2S/c1-2-3-6(4-5-6)9(7)8/h2H,1,3-5H2,(H,7,8). The Morgan fingerprint density at radius 1 is 1.78 bits per heavy atom. The Hall–Kier alpha value is -0.150. The van der Waals surface area contributed by atoms with Crippen LogP contribution in [0.5, 0.6) is 0 Å². The van der Waals surface area contributed by atoms with Crippen molar-refractivity contribution in [2.75, 3.05) is 0 Å². The maximum absolute atomic E-state index is 10.5. The lowest BCUT2D eigenvalue weighted by molar-refractivity contribution is 0.544. The lowest BCUT2D eigenvalue weighted by Gasteiger charge is -2.04. The van der Waals surface area contributed by atoms with Gasteiger partial charge in [0.05, 0.1) is 4.75 Å². The third kappa shape index (κ3) is 1.22. The summed E-state index contributed by atoms with van der Waals surface area (Å²) in [4.78, 5) is 0. The average molecular weight is 146 g/mol. The Morgan fingerprint density at radius 2 is 2.33 bits per heavy atom. The molecule has 1 aliphatic rings. The van der Waals surface area contributed by atoms with Crippen molar-refractivity contribution < 1.29 is 8.76 Å². The molecule has 1 saturated carbocycles. The summed E-state index contributed by atoms with van der Waals surface area (Å²) in [6.45, 7) is 3.52. The van der Waals surface area contributed by atoms with Crippen LogP contribution in [0.15, 0.2) is 12.7 Å². The molecule has 0 aliphatic heterocycles. The molecule has 0 heterocycles. The molecule has 1 N–H and O–H groups in total. The van der Waals surface area contributed by atoms with Crippen LogP contribution in [0.4, 0.5) is 0 Å². The van der Waals surface area contributed by atoms with Gasteiger partial charge in [-0.2, -0.15) is 0 Å². The van der Waals surface area contributed by atoms with E-state index >= 15 is 0 Å². The highest BCUT2D eigenvalue weighted by atomic mass is 32.2. The van der Waals surface area contributed by atoms with Gasteiger partial charge >= 0.3 is 0 Å². The average Bonchev–Trinajstić information content (AvgIpc) is 2.49. The van der Waals surface area contributed by atoms with Crippen molar-refractivity contribution >= 4 is 11.1 Å². The summed E-state index contributed by atoms with van der Waals surface area (Å²) in [5, 5.41) is 0. The monoisotopic (exact) mass is 146 g/mol. The van der Waals surface area contributed by atoms with Gasteiger partial charge in [0.2, 0.25) is 0 Å². The Balaban J connectivity index is 2.52. The van der Waals surface area contributed by atoms with Crippen LogP contribution in [0.1, 0.15) is 19.3 Å². The van der Waals surface area contributed by atoms with E-state index < -0.39 is 11.1 Å². The van der Waals surface area contributed by atoms with Gasteiger partial charge in [-0.3, -0.25) is 0 Å². The van der Waals surface area contributed by atoms with Gasteiger partial charge < -0.3 is 4.55 Å². The summed E-state index contributed by atoms with van der Waals surface area (Å²) in [7, 11) is 0. The molecular weight excluding hydrogens is 136 g/mol. The fraction of sp³-hybridized carbons (Fsp3) is 0.667. The van der Waals surface area contributed by atoms with E-state index in [0.29, 0.717) is 6.42 Å². The highest BCUT2D eigenvalue weighted by molar-refractivity contribution is 7.81. The maximum atomic E-state index is 10.5. The van der Waals surface area contributed by atoms with E-state index in [2.05, 4.69) is 6.58 Å². The summed E-state index contributed by atoms with van der Waals surface area (Å²) < 4.78 is 18.9. The first-order valence-corrected chi connectivity index (χ1v) is 4.04. The molecule has 2 nitrogen and oxygen atoms in total. The molecule has 0 saturated heterocycles. The van der Waals surface area contributed by atoms with E-state index in [1.165, 1.54) is 0 Å². The topological polar surface area (TPSA) is 37.3 Å². The van der Waals surface area contributed by atoms with Crippen molar-refractivity contribution in [1.82, 2.24) is 0 Å². The first-order valence-electron chi connectivity index (χ1n) is 2.93. The van der Waals surface area contributed by atoms with Gasteiger partial charge in [0.15, 0.2) is 11.1 Å². The van der Waals surface area contributed by atoms with Gasteiger partial charge in [0, 0.05) is 0 Å². The van der Waals surface area contributed by atoms with Crippen molar-refractivity contribution in [2.45, 2.75) is 24.0 Å². The van der Waals surface area contributed by atoms with Crippen molar-refractivity contribution in [2.24, 2.45) is 0 Å². The molecular formula is C6H10O2S. The van der Waals surface area contributed by atoms with Crippen LogP contribution in [0.25, 0.3) is 0 Å².